The van der Waals surface area contributed by atoms with E-state index in [0.29, 0.717) is 0 Å². The lowest BCUT2D eigenvalue weighted by Crippen LogP contribution is -2.23. The first-order chi connectivity index (χ1) is 8.50. The zero-order valence-corrected chi connectivity index (χ0v) is 13.5. The molecule has 0 spiro atoms. The lowest BCUT2D eigenvalue weighted by Gasteiger charge is -2.28. The highest BCUT2D eigenvalue weighted by Crippen LogP contribution is 2.45. The average Bonchev–Trinajstić information content (AvgIpc) is 2.29. The van der Waals surface area contributed by atoms with Gasteiger partial charge >= 0.3 is 0 Å². The Morgan fingerprint density at radius 3 is 2.06 bits per heavy atom. The third-order valence-electron chi connectivity index (χ3n) is 3.36. The molecule has 18 heavy (non-hydrogen) atoms. The second kappa shape index (κ2) is 7.92. The fourth-order valence-corrected chi connectivity index (χ4v) is 5.17. The van der Waals surface area contributed by atoms with E-state index < -0.39 is 0 Å². The molecule has 0 saturated heterocycles. The molecule has 0 heterocycles. The van der Waals surface area contributed by atoms with Crippen LogP contribution in [0.15, 0.2) is 30.3 Å². The zero-order valence-electron chi connectivity index (χ0n) is 12.6. The largest absolute Gasteiger partial charge is 0.302 e. The number of benzene rings is 1. The van der Waals surface area contributed by atoms with Crippen LogP contribution in [0.2, 0.25) is 0 Å². The van der Waals surface area contributed by atoms with Gasteiger partial charge in [0.25, 0.3) is 0 Å². The summed E-state index contributed by atoms with van der Waals surface area (Å²) < 4.78 is 0. The van der Waals surface area contributed by atoms with E-state index in [4.69, 9.17) is 0 Å². The van der Waals surface area contributed by atoms with E-state index in [0.717, 1.165) is 17.9 Å². The summed E-state index contributed by atoms with van der Waals surface area (Å²) in [5, 5.41) is 0. The molecule has 0 bridgehead atoms. The molecule has 0 unspecified atom stereocenters. The van der Waals surface area contributed by atoms with Crippen molar-refractivity contribution in [2.24, 2.45) is 0 Å². The molecule has 0 N–H and O–H groups in total. The summed E-state index contributed by atoms with van der Waals surface area (Å²) in [5.41, 5.74) is 3.12. The summed E-state index contributed by atoms with van der Waals surface area (Å²) in [4.78, 5) is 2.45. The Kier molecular flexibility index (Phi) is 6.89. The normalized spacial score (nSPS) is 12.1. The van der Waals surface area contributed by atoms with Gasteiger partial charge in [0.2, 0.25) is 0 Å². The van der Waals surface area contributed by atoms with Gasteiger partial charge in [-0.15, -0.1) is 7.92 Å². The second-order valence-electron chi connectivity index (χ2n) is 5.65. The van der Waals surface area contributed by atoms with E-state index >= 15 is 0 Å². The van der Waals surface area contributed by atoms with Crippen molar-refractivity contribution in [2.75, 3.05) is 19.8 Å². The first kappa shape index (κ1) is 15.7. The molecule has 0 aliphatic carbocycles. The Labute approximate surface area is 114 Å². The van der Waals surface area contributed by atoms with Gasteiger partial charge in [-0.1, -0.05) is 58.0 Å². The minimum Gasteiger partial charge on any atom is -0.302 e. The van der Waals surface area contributed by atoms with Crippen molar-refractivity contribution >= 4 is 7.92 Å². The smallest absolute Gasteiger partial charge is 0.0230 e. The summed E-state index contributed by atoms with van der Waals surface area (Å²) in [6.07, 6.45) is 1.37. The fraction of sp³-hybridized carbons (Fsp3) is 0.625. The van der Waals surface area contributed by atoms with Crippen LogP contribution in [0.25, 0.3) is 0 Å². The van der Waals surface area contributed by atoms with E-state index in [1.54, 1.807) is 0 Å². The van der Waals surface area contributed by atoms with Gasteiger partial charge in [0.05, 0.1) is 0 Å². The van der Waals surface area contributed by atoms with Crippen molar-refractivity contribution in [2.45, 2.75) is 45.6 Å². The third kappa shape index (κ3) is 5.50. The van der Waals surface area contributed by atoms with Crippen LogP contribution in [0.4, 0.5) is 0 Å². The van der Waals surface area contributed by atoms with Gasteiger partial charge in [-0.25, -0.2) is 0 Å². The molecular weight excluding hydrogens is 237 g/mol. The maximum Gasteiger partial charge on any atom is 0.0230 e. The molecule has 2 heteroatoms. The van der Waals surface area contributed by atoms with Crippen LogP contribution in [0.1, 0.15) is 33.3 Å². The molecule has 1 aromatic carbocycles. The Morgan fingerprint density at radius 2 is 1.56 bits per heavy atom. The first-order valence-corrected chi connectivity index (χ1v) is 8.65. The van der Waals surface area contributed by atoms with Gasteiger partial charge in [-0.05, 0) is 30.1 Å². The van der Waals surface area contributed by atoms with Gasteiger partial charge in [0.15, 0.2) is 0 Å². The first-order valence-electron chi connectivity index (χ1n) is 6.99. The zero-order chi connectivity index (χ0) is 13.5. The topological polar surface area (TPSA) is 3.24 Å². The van der Waals surface area contributed by atoms with Crippen LogP contribution in [-0.4, -0.2) is 36.0 Å². The lowest BCUT2D eigenvalue weighted by atomic mass is 10.2. The summed E-state index contributed by atoms with van der Waals surface area (Å²) >= 11 is 0. The SMILES string of the molecule is CC(C)P(CCN(C)Cc1ccccc1)C(C)C. The summed E-state index contributed by atoms with van der Waals surface area (Å²) in [6.45, 7) is 11.8. The molecule has 0 radical (unpaired) electrons. The molecule has 0 aliphatic rings. The highest BCUT2D eigenvalue weighted by Gasteiger charge is 2.16. The quantitative estimate of drug-likeness (QED) is 0.660. The average molecular weight is 265 g/mol. The van der Waals surface area contributed by atoms with Crippen molar-refractivity contribution in [3.8, 4) is 0 Å². The predicted molar refractivity (Wildman–Crippen MR) is 84.8 cm³/mol. The van der Waals surface area contributed by atoms with Crippen LogP contribution in [0, 0.1) is 0 Å². The molecule has 1 rings (SSSR count). The Balaban J connectivity index is 2.38. The number of nitrogens with zero attached hydrogens (tertiary/aromatic N) is 1. The minimum atomic E-state index is 0.173. The molecule has 0 aliphatic heterocycles. The minimum absolute atomic E-state index is 0.173. The molecule has 1 aromatic rings. The summed E-state index contributed by atoms with van der Waals surface area (Å²) in [6, 6.07) is 10.8. The summed E-state index contributed by atoms with van der Waals surface area (Å²) in [7, 11) is 2.41. The van der Waals surface area contributed by atoms with Crippen molar-refractivity contribution in [3.05, 3.63) is 35.9 Å². The van der Waals surface area contributed by atoms with Gasteiger partial charge in [0, 0.05) is 13.1 Å². The van der Waals surface area contributed by atoms with Crippen molar-refractivity contribution < 1.29 is 0 Å². The lowest BCUT2D eigenvalue weighted by molar-refractivity contribution is 0.347. The van der Waals surface area contributed by atoms with E-state index in [1.165, 1.54) is 18.3 Å². The van der Waals surface area contributed by atoms with Crippen molar-refractivity contribution in [1.29, 1.82) is 0 Å². The highest BCUT2D eigenvalue weighted by atomic mass is 31.1. The second-order valence-corrected chi connectivity index (χ2v) is 9.19. The monoisotopic (exact) mass is 265 g/mol. The van der Waals surface area contributed by atoms with Crippen LogP contribution < -0.4 is 0 Å². The molecule has 0 amide bonds. The van der Waals surface area contributed by atoms with Gasteiger partial charge in [-0.3, -0.25) is 0 Å². The van der Waals surface area contributed by atoms with Crippen molar-refractivity contribution in [3.63, 3.8) is 0 Å². The van der Waals surface area contributed by atoms with E-state index in [9.17, 15) is 0 Å². The standard InChI is InChI=1S/C16H28NP/c1-14(2)18(15(3)4)12-11-17(5)13-16-9-7-6-8-10-16/h6-10,14-15H,11-13H2,1-5H3. The van der Waals surface area contributed by atoms with Crippen LogP contribution in [0.5, 0.6) is 0 Å². The van der Waals surface area contributed by atoms with E-state index in [2.05, 4.69) is 70.0 Å². The molecule has 1 nitrogen and oxygen atoms in total. The van der Waals surface area contributed by atoms with Crippen LogP contribution >= 0.6 is 7.92 Å². The van der Waals surface area contributed by atoms with Crippen molar-refractivity contribution in [1.82, 2.24) is 4.90 Å². The molecule has 0 fully saturated rings. The Bertz CT molecular complexity index is 313. The number of rotatable bonds is 7. The van der Waals surface area contributed by atoms with E-state index in [1.807, 2.05) is 0 Å². The molecule has 102 valence electrons. The number of hydrogen-bond acceptors (Lipinski definition) is 1. The molecule has 0 saturated carbocycles. The van der Waals surface area contributed by atoms with Crippen LogP contribution in [-0.2, 0) is 6.54 Å². The highest BCUT2D eigenvalue weighted by molar-refractivity contribution is 7.59. The third-order valence-corrected chi connectivity index (χ3v) is 6.73. The number of hydrogen-bond donors (Lipinski definition) is 0. The van der Waals surface area contributed by atoms with Gasteiger partial charge in [-0.2, -0.15) is 0 Å². The predicted octanol–water partition coefficient (Wildman–Crippen LogP) is 4.42. The summed E-state index contributed by atoms with van der Waals surface area (Å²) in [5.74, 6) is 0. The van der Waals surface area contributed by atoms with Gasteiger partial charge < -0.3 is 4.90 Å². The van der Waals surface area contributed by atoms with E-state index in [-0.39, 0.29) is 7.92 Å². The van der Waals surface area contributed by atoms with Gasteiger partial charge in [0.1, 0.15) is 0 Å². The maximum absolute atomic E-state index is 2.45. The van der Waals surface area contributed by atoms with Crippen LogP contribution in [0.3, 0.4) is 0 Å². The Hall–Kier alpha value is -0.390. The molecule has 0 aromatic heterocycles. The Morgan fingerprint density at radius 1 is 1.00 bits per heavy atom. The molecular formula is C16H28NP. The maximum atomic E-state index is 2.45. The fourth-order valence-electron chi connectivity index (χ4n) is 2.37. The molecule has 0 atom stereocenters.